The van der Waals surface area contributed by atoms with Gasteiger partial charge < -0.3 is 14.6 Å². The highest BCUT2D eigenvalue weighted by atomic mass is 16.3. The molecule has 5 nitrogen and oxygen atoms in total. The SMILES string of the molecule is CCCc1c(NCC)ncnc1N(C)Cc1ccoc1. The molecule has 0 aromatic carbocycles. The zero-order chi connectivity index (χ0) is 14.4. The largest absolute Gasteiger partial charge is 0.472 e. The molecule has 2 aromatic heterocycles. The number of hydrogen-bond acceptors (Lipinski definition) is 5. The predicted molar refractivity (Wildman–Crippen MR) is 81.0 cm³/mol. The van der Waals surface area contributed by atoms with Gasteiger partial charge in [0.2, 0.25) is 0 Å². The van der Waals surface area contributed by atoms with Gasteiger partial charge in [-0.05, 0) is 19.4 Å². The van der Waals surface area contributed by atoms with Crippen LogP contribution in [0.3, 0.4) is 0 Å². The van der Waals surface area contributed by atoms with Gasteiger partial charge in [0.1, 0.15) is 18.0 Å². The van der Waals surface area contributed by atoms with E-state index < -0.39 is 0 Å². The van der Waals surface area contributed by atoms with E-state index in [1.165, 1.54) is 5.56 Å². The molecule has 2 heterocycles. The van der Waals surface area contributed by atoms with Crippen molar-refractivity contribution in [3.63, 3.8) is 0 Å². The van der Waals surface area contributed by atoms with E-state index in [1.54, 1.807) is 18.9 Å². The van der Waals surface area contributed by atoms with Crippen molar-refractivity contribution in [1.82, 2.24) is 9.97 Å². The first-order valence-electron chi connectivity index (χ1n) is 7.06. The number of anilines is 2. The van der Waals surface area contributed by atoms with E-state index in [0.29, 0.717) is 0 Å². The summed E-state index contributed by atoms with van der Waals surface area (Å²) in [6.07, 6.45) is 7.12. The Kier molecular flexibility index (Phi) is 4.98. The van der Waals surface area contributed by atoms with Gasteiger partial charge in [0.05, 0.1) is 12.5 Å². The van der Waals surface area contributed by atoms with Crippen LogP contribution in [-0.2, 0) is 13.0 Å². The second-order valence-electron chi connectivity index (χ2n) is 4.79. The maximum absolute atomic E-state index is 5.12. The van der Waals surface area contributed by atoms with Gasteiger partial charge in [-0.1, -0.05) is 13.3 Å². The van der Waals surface area contributed by atoms with Gasteiger partial charge >= 0.3 is 0 Å². The van der Waals surface area contributed by atoms with Crippen LogP contribution in [0.2, 0.25) is 0 Å². The summed E-state index contributed by atoms with van der Waals surface area (Å²) >= 11 is 0. The zero-order valence-electron chi connectivity index (χ0n) is 12.4. The summed E-state index contributed by atoms with van der Waals surface area (Å²) in [5.74, 6) is 1.93. The quantitative estimate of drug-likeness (QED) is 0.841. The Morgan fingerprint density at radius 1 is 1.30 bits per heavy atom. The average Bonchev–Trinajstić information content (AvgIpc) is 2.94. The second-order valence-corrected chi connectivity index (χ2v) is 4.79. The molecular weight excluding hydrogens is 252 g/mol. The summed E-state index contributed by atoms with van der Waals surface area (Å²) in [7, 11) is 2.05. The molecule has 108 valence electrons. The summed E-state index contributed by atoms with van der Waals surface area (Å²) in [5.41, 5.74) is 2.32. The molecule has 20 heavy (non-hydrogen) atoms. The van der Waals surface area contributed by atoms with Crippen LogP contribution < -0.4 is 10.2 Å². The second kappa shape index (κ2) is 6.93. The third kappa shape index (κ3) is 3.29. The number of hydrogen-bond donors (Lipinski definition) is 1. The lowest BCUT2D eigenvalue weighted by Crippen LogP contribution is -2.20. The molecular formula is C15H22N4O. The fourth-order valence-electron chi connectivity index (χ4n) is 2.26. The minimum Gasteiger partial charge on any atom is -0.472 e. The van der Waals surface area contributed by atoms with Crippen LogP contribution >= 0.6 is 0 Å². The van der Waals surface area contributed by atoms with Crippen LogP contribution in [0.1, 0.15) is 31.4 Å². The van der Waals surface area contributed by atoms with E-state index in [0.717, 1.165) is 43.1 Å². The fourth-order valence-corrected chi connectivity index (χ4v) is 2.26. The van der Waals surface area contributed by atoms with Crippen LogP contribution in [0.4, 0.5) is 11.6 Å². The average molecular weight is 274 g/mol. The lowest BCUT2D eigenvalue weighted by Gasteiger charge is -2.22. The van der Waals surface area contributed by atoms with E-state index in [1.807, 2.05) is 13.1 Å². The Labute approximate surface area is 120 Å². The fraction of sp³-hybridized carbons (Fsp3) is 0.467. The molecule has 1 N–H and O–H groups in total. The lowest BCUT2D eigenvalue weighted by molar-refractivity contribution is 0.563. The molecule has 0 atom stereocenters. The molecule has 0 spiro atoms. The van der Waals surface area contributed by atoms with Crippen LogP contribution in [0.25, 0.3) is 0 Å². The highest BCUT2D eigenvalue weighted by Gasteiger charge is 2.14. The van der Waals surface area contributed by atoms with E-state index >= 15 is 0 Å². The molecule has 0 fully saturated rings. The van der Waals surface area contributed by atoms with Gasteiger partial charge in [-0.25, -0.2) is 9.97 Å². The normalized spacial score (nSPS) is 10.6. The molecule has 0 aliphatic rings. The van der Waals surface area contributed by atoms with Crippen molar-refractivity contribution in [2.24, 2.45) is 0 Å². The molecule has 0 saturated carbocycles. The summed E-state index contributed by atoms with van der Waals surface area (Å²) in [4.78, 5) is 11.0. The Morgan fingerprint density at radius 3 is 2.80 bits per heavy atom. The third-order valence-electron chi connectivity index (χ3n) is 3.13. The van der Waals surface area contributed by atoms with Crippen LogP contribution in [0.15, 0.2) is 29.3 Å². The highest BCUT2D eigenvalue weighted by molar-refractivity contribution is 5.58. The number of rotatable bonds is 7. The monoisotopic (exact) mass is 274 g/mol. The maximum Gasteiger partial charge on any atom is 0.137 e. The standard InChI is InChI=1S/C15H22N4O/c1-4-6-13-14(16-5-2)17-11-18-15(13)19(3)9-12-7-8-20-10-12/h7-8,10-11H,4-6,9H2,1-3H3,(H,16,17,18). The molecule has 0 unspecified atom stereocenters. The van der Waals surface area contributed by atoms with Gasteiger partial charge in [0.25, 0.3) is 0 Å². The van der Waals surface area contributed by atoms with Crippen molar-refractivity contribution in [1.29, 1.82) is 0 Å². The van der Waals surface area contributed by atoms with Gasteiger partial charge in [0, 0.05) is 31.3 Å². The minimum absolute atomic E-state index is 0.774. The maximum atomic E-state index is 5.12. The Balaban J connectivity index is 2.26. The lowest BCUT2D eigenvalue weighted by atomic mass is 10.1. The Morgan fingerprint density at radius 2 is 2.15 bits per heavy atom. The molecule has 2 rings (SSSR count). The molecule has 0 saturated heterocycles. The first kappa shape index (κ1) is 14.4. The topological polar surface area (TPSA) is 54.2 Å². The van der Waals surface area contributed by atoms with Crippen molar-refractivity contribution < 1.29 is 4.42 Å². The number of nitrogens with zero attached hydrogens (tertiary/aromatic N) is 3. The van der Waals surface area contributed by atoms with Crippen molar-refractivity contribution in [3.05, 3.63) is 36.0 Å². The third-order valence-corrected chi connectivity index (χ3v) is 3.13. The van der Waals surface area contributed by atoms with E-state index in [4.69, 9.17) is 4.42 Å². The van der Waals surface area contributed by atoms with Crippen LogP contribution in [0, 0.1) is 0 Å². The summed E-state index contributed by atoms with van der Waals surface area (Å²) < 4.78 is 5.12. The molecule has 0 amide bonds. The van der Waals surface area contributed by atoms with Crippen LogP contribution in [-0.4, -0.2) is 23.6 Å². The Bertz CT molecular complexity index is 525. The molecule has 0 radical (unpaired) electrons. The first-order chi connectivity index (χ1) is 9.76. The minimum atomic E-state index is 0.774. The first-order valence-corrected chi connectivity index (χ1v) is 7.06. The molecule has 0 bridgehead atoms. The smallest absolute Gasteiger partial charge is 0.137 e. The number of furan rings is 1. The predicted octanol–water partition coefficient (Wildman–Crippen LogP) is 3.09. The van der Waals surface area contributed by atoms with Gasteiger partial charge in [-0.3, -0.25) is 0 Å². The number of nitrogens with one attached hydrogen (secondary N) is 1. The molecule has 5 heteroatoms. The Hall–Kier alpha value is -2.04. The van der Waals surface area contributed by atoms with Gasteiger partial charge in [-0.15, -0.1) is 0 Å². The molecule has 0 aliphatic carbocycles. The van der Waals surface area contributed by atoms with E-state index in [9.17, 15) is 0 Å². The van der Waals surface area contributed by atoms with Gasteiger partial charge in [0.15, 0.2) is 0 Å². The van der Waals surface area contributed by atoms with Crippen molar-refractivity contribution >= 4 is 11.6 Å². The van der Waals surface area contributed by atoms with Gasteiger partial charge in [-0.2, -0.15) is 0 Å². The van der Waals surface area contributed by atoms with E-state index in [2.05, 4.69) is 34.0 Å². The molecule has 2 aromatic rings. The van der Waals surface area contributed by atoms with Crippen molar-refractivity contribution in [3.8, 4) is 0 Å². The molecule has 0 aliphatic heterocycles. The van der Waals surface area contributed by atoms with Crippen molar-refractivity contribution in [2.45, 2.75) is 33.2 Å². The van der Waals surface area contributed by atoms with Crippen molar-refractivity contribution in [2.75, 3.05) is 23.8 Å². The highest BCUT2D eigenvalue weighted by Crippen LogP contribution is 2.25. The summed E-state index contributed by atoms with van der Waals surface area (Å²) in [6.45, 7) is 5.88. The summed E-state index contributed by atoms with van der Waals surface area (Å²) in [6, 6.07) is 1.97. The zero-order valence-corrected chi connectivity index (χ0v) is 12.4. The van der Waals surface area contributed by atoms with Crippen LogP contribution in [0.5, 0.6) is 0 Å². The number of aromatic nitrogens is 2. The summed E-state index contributed by atoms with van der Waals surface area (Å²) in [5, 5.41) is 3.32. The van der Waals surface area contributed by atoms with E-state index in [-0.39, 0.29) is 0 Å².